The number of rotatable bonds is 6. The van der Waals surface area contributed by atoms with Crippen LogP contribution in [0.4, 0.5) is 5.69 Å². The summed E-state index contributed by atoms with van der Waals surface area (Å²) in [5.74, 6) is 0.348. The molecule has 21 heavy (non-hydrogen) atoms. The number of anilines is 1. The van der Waals surface area contributed by atoms with Crippen LogP contribution in [0.2, 0.25) is 0 Å². The van der Waals surface area contributed by atoms with Crippen molar-refractivity contribution in [1.29, 1.82) is 0 Å². The molecule has 1 heterocycles. The lowest BCUT2D eigenvalue weighted by Crippen LogP contribution is -2.36. The van der Waals surface area contributed by atoms with E-state index in [1.807, 2.05) is 18.2 Å². The zero-order valence-electron chi connectivity index (χ0n) is 12.6. The summed E-state index contributed by atoms with van der Waals surface area (Å²) in [6.45, 7) is 6.55. The highest BCUT2D eigenvalue weighted by Gasteiger charge is 2.18. The maximum atomic E-state index is 11.3. The van der Waals surface area contributed by atoms with E-state index in [1.165, 1.54) is 12.8 Å². The molecule has 116 valence electrons. The van der Waals surface area contributed by atoms with Crippen LogP contribution in [0, 0.1) is 5.92 Å². The van der Waals surface area contributed by atoms with Gasteiger partial charge in [0.15, 0.2) is 0 Å². The third-order valence-electron chi connectivity index (χ3n) is 4.01. The number of hydrogen-bond donors (Lipinski definition) is 2. The highest BCUT2D eigenvalue weighted by atomic mass is 79.9. The van der Waals surface area contributed by atoms with Gasteiger partial charge in [0, 0.05) is 23.2 Å². The van der Waals surface area contributed by atoms with Gasteiger partial charge in [-0.15, -0.1) is 0 Å². The van der Waals surface area contributed by atoms with Gasteiger partial charge in [-0.05, 0) is 72.4 Å². The number of hydrogen-bond acceptors (Lipinski definition) is 3. The highest BCUT2D eigenvalue weighted by molar-refractivity contribution is 9.10. The van der Waals surface area contributed by atoms with E-state index < -0.39 is 5.91 Å². The second kappa shape index (κ2) is 7.80. The highest BCUT2D eigenvalue weighted by Crippen LogP contribution is 2.26. The van der Waals surface area contributed by atoms with Crippen molar-refractivity contribution in [3.63, 3.8) is 0 Å². The van der Waals surface area contributed by atoms with Crippen LogP contribution in [-0.4, -0.2) is 32.1 Å². The fourth-order valence-corrected chi connectivity index (χ4v) is 3.43. The molecule has 1 aromatic rings. The predicted octanol–water partition coefficient (Wildman–Crippen LogP) is 2.76. The first-order valence-electron chi connectivity index (χ1n) is 7.66. The molecule has 1 saturated heterocycles. The monoisotopic (exact) mass is 353 g/mol. The molecule has 0 unspecified atom stereocenters. The number of benzene rings is 1. The Kier molecular flexibility index (Phi) is 6.06. The van der Waals surface area contributed by atoms with Crippen molar-refractivity contribution >= 4 is 27.5 Å². The largest absolute Gasteiger partial charge is 0.371 e. The number of carbonyl (C=O) groups is 1. The molecule has 0 atom stereocenters. The number of piperidine rings is 1. The molecule has 1 aromatic carbocycles. The Morgan fingerprint density at radius 1 is 1.43 bits per heavy atom. The van der Waals surface area contributed by atoms with Crippen LogP contribution < -0.4 is 16.0 Å². The molecule has 0 spiro atoms. The van der Waals surface area contributed by atoms with Gasteiger partial charge in [0.2, 0.25) is 5.91 Å². The summed E-state index contributed by atoms with van der Waals surface area (Å²) in [6.07, 6.45) is 3.58. The normalized spacial score (nSPS) is 15.9. The third-order valence-corrected chi connectivity index (χ3v) is 4.67. The molecule has 0 aliphatic carbocycles. The molecule has 4 nitrogen and oxygen atoms in total. The molecule has 0 saturated carbocycles. The summed E-state index contributed by atoms with van der Waals surface area (Å²) >= 11 is 3.45. The zero-order valence-corrected chi connectivity index (χ0v) is 14.2. The number of nitrogens with zero attached hydrogens (tertiary/aromatic N) is 1. The number of nitrogens with one attached hydrogen (secondary N) is 1. The van der Waals surface area contributed by atoms with Crippen molar-refractivity contribution < 1.29 is 4.79 Å². The molecule has 1 amide bonds. The van der Waals surface area contributed by atoms with Crippen molar-refractivity contribution in [2.75, 3.05) is 31.1 Å². The molecule has 0 aromatic heterocycles. The van der Waals surface area contributed by atoms with Crippen LogP contribution in [0.1, 0.15) is 36.5 Å². The summed E-state index contributed by atoms with van der Waals surface area (Å²) in [5.41, 5.74) is 7.06. The van der Waals surface area contributed by atoms with Crippen LogP contribution in [0.25, 0.3) is 0 Å². The van der Waals surface area contributed by atoms with Crippen molar-refractivity contribution in [3.8, 4) is 0 Å². The molecule has 0 radical (unpaired) electrons. The van der Waals surface area contributed by atoms with Crippen molar-refractivity contribution in [1.82, 2.24) is 5.32 Å². The third kappa shape index (κ3) is 4.45. The second-order valence-electron chi connectivity index (χ2n) is 5.67. The fourth-order valence-electron chi connectivity index (χ4n) is 2.87. The SMILES string of the molecule is CCCN(CC1CCNCC1)c1ccc(C(N)=O)c(Br)c1. The van der Waals surface area contributed by atoms with Gasteiger partial charge in [0.05, 0.1) is 5.56 Å². The average Bonchev–Trinajstić information content (AvgIpc) is 2.47. The Morgan fingerprint density at radius 2 is 2.14 bits per heavy atom. The number of amides is 1. The standard InChI is InChI=1S/C16H24BrN3O/c1-2-9-20(11-12-5-7-19-8-6-12)13-3-4-14(16(18)21)15(17)10-13/h3-4,10,12,19H,2,5-9,11H2,1H3,(H2,18,21). The molecule has 2 rings (SSSR count). The Hall–Kier alpha value is -1.07. The Balaban J connectivity index is 2.13. The van der Waals surface area contributed by atoms with E-state index in [9.17, 15) is 4.79 Å². The Labute approximate surface area is 135 Å². The summed E-state index contributed by atoms with van der Waals surface area (Å²) in [6, 6.07) is 5.82. The van der Waals surface area contributed by atoms with E-state index in [1.54, 1.807) is 0 Å². The van der Waals surface area contributed by atoms with Crippen LogP contribution in [0.3, 0.4) is 0 Å². The predicted molar refractivity (Wildman–Crippen MR) is 90.8 cm³/mol. The molecule has 1 aliphatic rings. The summed E-state index contributed by atoms with van der Waals surface area (Å²) in [5, 5.41) is 3.41. The minimum Gasteiger partial charge on any atom is -0.371 e. The first-order valence-corrected chi connectivity index (χ1v) is 8.46. The maximum absolute atomic E-state index is 11.3. The van der Waals surface area contributed by atoms with Gasteiger partial charge >= 0.3 is 0 Å². The van der Waals surface area contributed by atoms with Gasteiger partial charge in [-0.2, -0.15) is 0 Å². The van der Waals surface area contributed by atoms with E-state index >= 15 is 0 Å². The van der Waals surface area contributed by atoms with Gasteiger partial charge in [-0.1, -0.05) is 6.92 Å². The molecule has 1 fully saturated rings. The lowest BCUT2D eigenvalue weighted by atomic mass is 9.97. The Bertz CT molecular complexity index is 486. The van der Waals surface area contributed by atoms with E-state index in [0.29, 0.717) is 5.56 Å². The minimum absolute atomic E-state index is 0.395. The molecule has 5 heteroatoms. The van der Waals surface area contributed by atoms with Gasteiger partial charge in [-0.25, -0.2) is 0 Å². The summed E-state index contributed by atoms with van der Waals surface area (Å²) < 4.78 is 0.777. The average molecular weight is 354 g/mol. The molecular weight excluding hydrogens is 330 g/mol. The number of nitrogens with two attached hydrogens (primary N) is 1. The first-order chi connectivity index (χ1) is 10.1. The van der Waals surface area contributed by atoms with Gasteiger partial charge in [0.25, 0.3) is 0 Å². The lowest BCUT2D eigenvalue weighted by Gasteiger charge is -2.31. The summed E-state index contributed by atoms with van der Waals surface area (Å²) in [7, 11) is 0. The zero-order chi connectivity index (χ0) is 15.2. The van der Waals surface area contributed by atoms with Gasteiger partial charge in [0.1, 0.15) is 0 Å². The fraction of sp³-hybridized carbons (Fsp3) is 0.562. The molecular formula is C16H24BrN3O. The Morgan fingerprint density at radius 3 is 2.71 bits per heavy atom. The van der Waals surface area contributed by atoms with Gasteiger partial charge in [-0.3, -0.25) is 4.79 Å². The van der Waals surface area contributed by atoms with Gasteiger partial charge < -0.3 is 16.0 Å². The molecule has 1 aliphatic heterocycles. The maximum Gasteiger partial charge on any atom is 0.249 e. The van der Waals surface area contributed by atoms with Crippen molar-refractivity contribution in [2.45, 2.75) is 26.2 Å². The number of halogens is 1. The molecule has 0 bridgehead atoms. The van der Waals surface area contributed by atoms with E-state index in [4.69, 9.17) is 5.73 Å². The van der Waals surface area contributed by atoms with Crippen LogP contribution >= 0.6 is 15.9 Å². The lowest BCUT2D eigenvalue weighted by molar-refractivity contribution is 0.0999. The summed E-state index contributed by atoms with van der Waals surface area (Å²) in [4.78, 5) is 13.7. The second-order valence-corrected chi connectivity index (χ2v) is 6.52. The minimum atomic E-state index is -0.395. The molecule has 3 N–H and O–H groups in total. The smallest absolute Gasteiger partial charge is 0.249 e. The van der Waals surface area contributed by atoms with Crippen LogP contribution in [0.5, 0.6) is 0 Å². The number of primary amides is 1. The van der Waals surface area contributed by atoms with E-state index in [-0.39, 0.29) is 0 Å². The van der Waals surface area contributed by atoms with Crippen LogP contribution in [0.15, 0.2) is 22.7 Å². The quantitative estimate of drug-likeness (QED) is 0.826. The van der Waals surface area contributed by atoms with E-state index in [0.717, 1.165) is 48.7 Å². The van der Waals surface area contributed by atoms with Crippen molar-refractivity contribution in [3.05, 3.63) is 28.2 Å². The van der Waals surface area contributed by atoms with Crippen LogP contribution in [-0.2, 0) is 0 Å². The van der Waals surface area contributed by atoms with E-state index in [2.05, 4.69) is 33.1 Å². The number of carbonyl (C=O) groups excluding carboxylic acids is 1. The first kappa shape index (κ1) is 16.3. The van der Waals surface area contributed by atoms with Crippen molar-refractivity contribution in [2.24, 2.45) is 11.7 Å². The topological polar surface area (TPSA) is 58.4 Å².